The molecule has 3 heterocycles. The summed E-state index contributed by atoms with van der Waals surface area (Å²) in [5.41, 5.74) is 2.14. The number of nitrogens with zero attached hydrogens (tertiary/aromatic N) is 4. The predicted octanol–water partition coefficient (Wildman–Crippen LogP) is 3.73. The Hall–Kier alpha value is -2.97. The largest absolute Gasteiger partial charge is 0.352 e. The Bertz CT molecular complexity index is 1450. The van der Waals surface area contributed by atoms with Crippen molar-refractivity contribution in [2.75, 3.05) is 0 Å². The monoisotopic (exact) mass is 466 g/mol. The number of benzene rings is 2. The van der Waals surface area contributed by atoms with E-state index in [0.29, 0.717) is 29.1 Å². The summed E-state index contributed by atoms with van der Waals surface area (Å²) in [6.07, 6.45) is 0. The number of halogens is 1. The van der Waals surface area contributed by atoms with Gasteiger partial charge in [-0.2, -0.15) is 0 Å². The van der Waals surface area contributed by atoms with E-state index in [4.69, 9.17) is 0 Å². The van der Waals surface area contributed by atoms with Crippen LogP contribution in [0, 0.1) is 0 Å². The minimum absolute atomic E-state index is 0.132. The molecule has 0 spiro atoms. The van der Waals surface area contributed by atoms with E-state index < -0.39 is 0 Å². The first-order valence-electron chi connectivity index (χ1n) is 9.00. The summed E-state index contributed by atoms with van der Waals surface area (Å²) in [6.45, 7) is 0.685. The minimum Gasteiger partial charge on any atom is -0.271 e. The molecular formula is C21H15BrN4O2S. The van der Waals surface area contributed by atoms with Gasteiger partial charge in [-0.3, -0.25) is 9.36 Å². The Kier molecular flexibility index (Phi) is 4.44. The van der Waals surface area contributed by atoms with Gasteiger partial charge in [-0.1, -0.05) is 58.4 Å². The molecule has 0 amide bonds. The summed E-state index contributed by atoms with van der Waals surface area (Å²) in [7, 11) is 0. The van der Waals surface area contributed by atoms with E-state index in [1.165, 1.54) is 20.4 Å². The van der Waals surface area contributed by atoms with Gasteiger partial charge in [-0.05, 0) is 34.7 Å². The van der Waals surface area contributed by atoms with E-state index in [9.17, 15) is 9.59 Å². The number of hydrogen-bond acceptors (Lipinski definition) is 4. The molecular weight excluding hydrogens is 452 g/mol. The van der Waals surface area contributed by atoms with Gasteiger partial charge >= 0.3 is 5.69 Å². The average Bonchev–Trinajstić information content (AvgIpc) is 3.33. The molecule has 0 saturated heterocycles. The zero-order chi connectivity index (χ0) is 20.0. The van der Waals surface area contributed by atoms with Crippen molar-refractivity contribution in [2.24, 2.45) is 0 Å². The molecule has 0 fully saturated rings. The Morgan fingerprint density at radius 1 is 0.897 bits per heavy atom. The second kappa shape index (κ2) is 7.13. The molecule has 0 saturated carbocycles. The molecule has 0 aliphatic rings. The molecule has 6 nitrogen and oxygen atoms in total. The van der Waals surface area contributed by atoms with E-state index in [1.807, 2.05) is 60.0 Å². The van der Waals surface area contributed by atoms with Crippen LogP contribution >= 0.6 is 27.3 Å². The second-order valence-corrected chi connectivity index (χ2v) is 8.55. The summed E-state index contributed by atoms with van der Waals surface area (Å²) >= 11 is 4.76. The lowest BCUT2D eigenvalue weighted by Crippen LogP contribution is -2.26. The molecule has 8 heteroatoms. The number of thiophene rings is 1. The van der Waals surface area contributed by atoms with Crippen molar-refractivity contribution in [1.82, 2.24) is 18.7 Å². The maximum atomic E-state index is 13.2. The molecule has 29 heavy (non-hydrogen) atoms. The Morgan fingerprint density at radius 2 is 1.62 bits per heavy atom. The van der Waals surface area contributed by atoms with Gasteiger partial charge in [0, 0.05) is 4.47 Å². The van der Waals surface area contributed by atoms with Crippen LogP contribution in [0.4, 0.5) is 0 Å². The maximum absolute atomic E-state index is 13.2. The normalized spacial score (nSPS) is 11.5. The third-order valence-electron chi connectivity index (χ3n) is 4.82. The van der Waals surface area contributed by atoms with E-state index in [1.54, 1.807) is 10.6 Å². The first-order valence-corrected chi connectivity index (χ1v) is 10.7. The fourth-order valence-corrected chi connectivity index (χ4v) is 4.50. The lowest BCUT2D eigenvalue weighted by Gasteiger charge is -2.07. The van der Waals surface area contributed by atoms with Crippen molar-refractivity contribution in [3.8, 4) is 0 Å². The number of rotatable bonds is 4. The topological polar surface area (TPSA) is 61.3 Å². The first kappa shape index (κ1) is 18.1. The van der Waals surface area contributed by atoms with Crippen LogP contribution in [0.1, 0.15) is 11.1 Å². The average molecular weight is 467 g/mol. The van der Waals surface area contributed by atoms with Gasteiger partial charge in [0.25, 0.3) is 5.56 Å². The molecule has 0 N–H and O–H groups in total. The van der Waals surface area contributed by atoms with Crippen LogP contribution in [0.5, 0.6) is 0 Å². The highest BCUT2D eigenvalue weighted by Gasteiger charge is 2.18. The minimum atomic E-state index is -0.256. The highest BCUT2D eigenvalue weighted by atomic mass is 79.9. The Morgan fingerprint density at radius 3 is 2.38 bits per heavy atom. The molecule has 0 aliphatic carbocycles. The molecule has 5 aromatic rings. The third-order valence-corrected chi connectivity index (χ3v) is 6.24. The van der Waals surface area contributed by atoms with Crippen LogP contribution in [0.3, 0.4) is 0 Å². The molecule has 0 unspecified atom stereocenters. The second-order valence-electron chi connectivity index (χ2n) is 6.71. The number of fused-ring (bicyclic) bond motifs is 3. The van der Waals surface area contributed by atoms with Gasteiger partial charge < -0.3 is 0 Å². The van der Waals surface area contributed by atoms with Crippen LogP contribution in [-0.2, 0) is 13.1 Å². The van der Waals surface area contributed by atoms with Crippen molar-refractivity contribution in [3.05, 3.63) is 102 Å². The Balaban J connectivity index is 1.73. The zero-order valence-electron chi connectivity index (χ0n) is 15.2. The first-order chi connectivity index (χ1) is 14.1. The van der Waals surface area contributed by atoms with Crippen molar-refractivity contribution in [1.29, 1.82) is 0 Å². The summed E-state index contributed by atoms with van der Waals surface area (Å²) in [5, 5.41) is 6.37. The van der Waals surface area contributed by atoms with Crippen LogP contribution in [-0.4, -0.2) is 18.7 Å². The summed E-state index contributed by atoms with van der Waals surface area (Å²) < 4.78 is 6.05. The molecule has 5 rings (SSSR count). The molecule has 3 aromatic heterocycles. The summed E-state index contributed by atoms with van der Waals surface area (Å²) in [5.74, 6) is 0.354. The predicted molar refractivity (Wildman–Crippen MR) is 118 cm³/mol. The highest BCUT2D eigenvalue weighted by Crippen LogP contribution is 2.18. The standard InChI is InChI=1S/C21H15BrN4O2S/c22-16-8-6-15(7-9-16)13-25-21(28)26-17-10-11-29-18(17)19(27)24(20(26)23-25)12-14-4-2-1-3-5-14/h1-11H,12-13H2. The van der Waals surface area contributed by atoms with Crippen LogP contribution < -0.4 is 11.2 Å². The van der Waals surface area contributed by atoms with E-state index in [2.05, 4.69) is 21.0 Å². The number of hydrogen-bond donors (Lipinski definition) is 0. The zero-order valence-corrected chi connectivity index (χ0v) is 17.6. The molecule has 144 valence electrons. The SMILES string of the molecule is O=c1c2sccc2n2c(=O)n(Cc3ccc(Br)cc3)nc2n1Cc1ccccc1. The van der Waals surface area contributed by atoms with Gasteiger partial charge in [-0.15, -0.1) is 16.4 Å². The maximum Gasteiger partial charge on any atom is 0.352 e. The van der Waals surface area contributed by atoms with Gasteiger partial charge in [-0.25, -0.2) is 13.9 Å². The highest BCUT2D eigenvalue weighted by molar-refractivity contribution is 9.10. The lowest BCUT2D eigenvalue weighted by molar-refractivity contribution is 0.654. The molecule has 0 radical (unpaired) electrons. The quantitative estimate of drug-likeness (QED) is 0.405. The van der Waals surface area contributed by atoms with Gasteiger partial charge in [0.1, 0.15) is 4.70 Å². The van der Waals surface area contributed by atoms with Gasteiger partial charge in [0.15, 0.2) is 0 Å². The van der Waals surface area contributed by atoms with Crippen LogP contribution in [0.15, 0.2) is 80.1 Å². The van der Waals surface area contributed by atoms with Crippen molar-refractivity contribution < 1.29 is 0 Å². The van der Waals surface area contributed by atoms with Crippen LogP contribution in [0.2, 0.25) is 0 Å². The van der Waals surface area contributed by atoms with Crippen molar-refractivity contribution in [3.63, 3.8) is 0 Å². The van der Waals surface area contributed by atoms with Crippen LogP contribution in [0.25, 0.3) is 16.0 Å². The molecule has 0 bridgehead atoms. The van der Waals surface area contributed by atoms with Crippen molar-refractivity contribution >= 4 is 43.3 Å². The number of aromatic nitrogens is 4. The van der Waals surface area contributed by atoms with Crippen molar-refractivity contribution in [2.45, 2.75) is 13.1 Å². The van der Waals surface area contributed by atoms with E-state index in [0.717, 1.165) is 15.6 Å². The fraction of sp³-hybridized carbons (Fsp3) is 0.0952. The summed E-state index contributed by atoms with van der Waals surface area (Å²) in [4.78, 5) is 26.3. The third kappa shape index (κ3) is 3.14. The van der Waals surface area contributed by atoms with E-state index in [-0.39, 0.29) is 11.2 Å². The molecule has 2 aromatic carbocycles. The van der Waals surface area contributed by atoms with Gasteiger partial charge in [0.05, 0.1) is 18.6 Å². The lowest BCUT2D eigenvalue weighted by atomic mass is 10.2. The fourth-order valence-electron chi connectivity index (χ4n) is 3.41. The van der Waals surface area contributed by atoms with E-state index >= 15 is 0 Å². The van der Waals surface area contributed by atoms with Gasteiger partial charge in [0.2, 0.25) is 5.78 Å². The Labute approximate surface area is 177 Å². The summed E-state index contributed by atoms with van der Waals surface area (Å²) in [6, 6.07) is 19.2. The smallest absolute Gasteiger partial charge is 0.271 e. The molecule has 0 aliphatic heterocycles. The molecule has 0 atom stereocenters.